The van der Waals surface area contributed by atoms with Crippen LogP contribution in [0.2, 0.25) is 0 Å². The van der Waals surface area contributed by atoms with E-state index in [1.807, 2.05) is 17.0 Å². The van der Waals surface area contributed by atoms with Crippen molar-refractivity contribution >= 4 is 17.4 Å². The van der Waals surface area contributed by atoms with Gasteiger partial charge in [0.2, 0.25) is 5.91 Å². The second-order valence-corrected chi connectivity index (χ2v) is 9.39. The zero-order valence-electron chi connectivity index (χ0n) is 20.1. The number of nitrogens with zero attached hydrogens (tertiary/aromatic N) is 2. The summed E-state index contributed by atoms with van der Waals surface area (Å²) in [5.74, 6) is 1.42. The van der Waals surface area contributed by atoms with Crippen LogP contribution in [0.4, 0.5) is 5.69 Å². The molecule has 0 fully saturated rings. The van der Waals surface area contributed by atoms with Crippen LogP contribution in [0.3, 0.4) is 0 Å². The van der Waals surface area contributed by atoms with E-state index in [9.17, 15) is 9.59 Å². The largest absolute Gasteiger partial charge is 0.496 e. The lowest BCUT2D eigenvalue weighted by Gasteiger charge is -2.30. The van der Waals surface area contributed by atoms with Gasteiger partial charge in [-0.25, -0.2) is 0 Å². The van der Waals surface area contributed by atoms with Gasteiger partial charge >= 0.3 is 0 Å². The maximum Gasteiger partial charge on any atom is 0.227 e. The van der Waals surface area contributed by atoms with Gasteiger partial charge in [0.15, 0.2) is 5.78 Å². The maximum atomic E-state index is 13.0. The molecule has 1 amide bonds. The van der Waals surface area contributed by atoms with Gasteiger partial charge in [-0.1, -0.05) is 18.2 Å². The number of hydrogen-bond acceptors (Lipinski definition) is 4. The van der Waals surface area contributed by atoms with E-state index in [1.165, 1.54) is 16.7 Å². The number of hydrogen-bond donors (Lipinski definition) is 0. The van der Waals surface area contributed by atoms with Crippen molar-refractivity contribution in [3.63, 3.8) is 0 Å². The third-order valence-corrected chi connectivity index (χ3v) is 7.00. The molecule has 4 rings (SSSR count). The average Bonchev–Trinajstić information content (AvgIpc) is 3.06. The summed E-state index contributed by atoms with van der Waals surface area (Å²) < 4.78 is 5.44. The second kappa shape index (κ2) is 11.0. The number of amides is 1. The van der Waals surface area contributed by atoms with Crippen molar-refractivity contribution < 1.29 is 14.3 Å². The Morgan fingerprint density at radius 2 is 1.82 bits per heavy atom. The number of carbonyl (C=O) groups excluding carboxylic acids is 2. The van der Waals surface area contributed by atoms with Gasteiger partial charge in [0.1, 0.15) is 5.75 Å². The highest BCUT2D eigenvalue weighted by Gasteiger charge is 2.29. The van der Waals surface area contributed by atoms with Crippen molar-refractivity contribution in [2.75, 3.05) is 38.7 Å². The number of unbranched alkanes of at least 4 members (excludes halogenated alkanes) is 1. The molecule has 2 aromatic carbocycles. The summed E-state index contributed by atoms with van der Waals surface area (Å²) in [6.07, 6.45) is 7.84. The predicted octanol–water partition coefficient (Wildman–Crippen LogP) is 4.84. The van der Waals surface area contributed by atoms with Gasteiger partial charge in [0, 0.05) is 31.5 Å². The number of anilines is 1. The molecular formula is C28H36N2O3. The molecule has 0 saturated heterocycles. The summed E-state index contributed by atoms with van der Waals surface area (Å²) in [6.45, 7) is 2.77. The van der Waals surface area contributed by atoms with Gasteiger partial charge < -0.3 is 14.5 Å². The molecule has 0 bridgehead atoms. The third-order valence-electron chi connectivity index (χ3n) is 7.00. The first-order chi connectivity index (χ1) is 16.1. The molecule has 0 saturated carbocycles. The Hall–Kier alpha value is -2.66. The Kier molecular flexibility index (Phi) is 7.81. The van der Waals surface area contributed by atoms with Crippen LogP contribution in [0.25, 0.3) is 0 Å². The van der Waals surface area contributed by atoms with Crippen molar-refractivity contribution in [1.82, 2.24) is 4.90 Å². The Morgan fingerprint density at radius 1 is 1.03 bits per heavy atom. The van der Waals surface area contributed by atoms with Crippen LogP contribution in [0.1, 0.15) is 65.6 Å². The Labute approximate surface area is 197 Å². The summed E-state index contributed by atoms with van der Waals surface area (Å²) in [6, 6.07) is 12.3. The molecule has 2 aromatic rings. The number of Topliss-reactive ketones (excluding diaryl/α,β-unsaturated/α-hetero) is 1. The molecule has 0 aliphatic carbocycles. The van der Waals surface area contributed by atoms with Crippen LogP contribution < -0.4 is 9.64 Å². The fourth-order valence-corrected chi connectivity index (χ4v) is 5.12. The Morgan fingerprint density at radius 3 is 2.64 bits per heavy atom. The van der Waals surface area contributed by atoms with E-state index in [4.69, 9.17) is 4.74 Å². The highest BCUT2D eigenvalue weighted by Crippen LogP contribution is 2.36. The first kappa shape index (κ1) is 23.5. The predicted molar refractivity (Wildman–Crippen MR) is 132 cm³/mol. The number of para-hydroxylation sites is 1. The monoisotopic (exact) mass is 448 g/mol. The summed E-state index contributed by atoms with van der Waals surface area (Å²) in [5.41, 5.74) is 5.56. The van der Waals surface area contributed by atoms with Gasteiger partial charge in [-0.3, -0.25) is 9.59 Å². The second-order valence-electron chi connectivity index (χ2n) is 9.39. The highest BCUT2D eigenvalue weighted by atomic mass is 16.5. The van der Waals surface area contributed by atoms with Crippen LogP contribution in [-0.4, -0.2) is 50.4 Å². The van der Waals surface area contributed by atoms with Crippen molar-refractivity contribution in [3.05, 3.63) is 58.7 Å². The van der Waals surface area contributed by atoms with Crippen LogP contribution in [0.5, 0.6) is 5.75 Å². The van der Waals surface area contributed by atoms with Crippen molar-refractivity contribution in [3.8, 4) is 5.75 Å². The van der Waals surface area contributed by atoms with E-state index in [0.717, 1.165) is 81.6 Å². The molecule has 2 aliphatic rings. The van der Waals surface area contributed by atoms with E-state index < -0.39 is 0 Å². The topological polar surface area (TPSA) is 49.9 Å². The highest BCUT2D eigenvalue weighted by molar-refractivity contribution is 6.01. The van der Waals surface area contributed by atoms with Crippen molar-refractivity contribution in [2.45, 2.75) is 57.8 Å². The molecule has 2 aliphatic heterocycles. The number of rotatable bonds is 10. The molecule has 5 nitrogen and oxygen atoms in total. The van der Waals surface area contributed by atoms with E-state index in [-0.39, 0.29) is 11.7 Å². The SMILES string of the molecule is COc1ccccc1CCN(C)CCCCC(=O)c1cc2c3c(c1)CCC(=O)N3CCCC2. The van der Waals surface area contributed by atoms with Crippen molar-refractivity contribution in [1.29, 1.82) is 0 Å². The molecule has 176 valence electrons. The third kappa shape index (κ3) is 5.64. The number of methoxy groups -OCH3 is 1. The summed E-state index contributed by atoms with van der Waals surface area (Å²) in [5, 5.41) is 0. The lowest BCUT2D eigenvalue weighted by atomic mass is 9.91. The van der Waals surface area contributed by atoms with E-state index in [0.29, 0.717) is 12.8 Å². The van der Waals surface area contributed by atoms with Crippen LogP contribution >= 0.6 is 0 Å². The normalized spacial score (nSPS) is 15.4. The van der Waals surface area contributed by atoms with Crippen LogP contribution in [0.15, 0.2) is 36.4 Å². The summed E-state index contributed by atoms with van der Waals surface area (Å²) in [4.78, 5) is 29.6. The molecule has 0 radical (unpaired) electrons. The summed E-state index contributed by atoms with van der Waals surface area (Å²) in [7, 11) is 3.86. The van der Waals surface area contributed by atoms with E-state index in [2.05, 4.69) is 36.2 Å². The average molecular weight is 449 g/mol. The summed E-state index contributed by atoms with van der Waals surface area (Å²) >= 11 is 0. The fraction of sp³-hybridized carbons (Fsp3) is 0.500. The maximum absolute atomic E-state index is 13.0. The number of carbonyl (C=O) groups is 2. The van der Waals surface area contributed by atoms with Gasteiger partial charge in [0.25, 0.3) is 0 Å². The zero-order chi connectivity index (χ0) is 23.2. The minimum absolute atomic E-state index is 0.235. The van der Waals surface area contributed by atoms with Gasteiger partial charge in [-0.15, -0.1) is 0 Å². The Bertz CT molecular complexity index is 1000. The molecule has 0 unspecified atom stereocenters. The molecule has 0 aromatic heterocycles. The smallest absolute Gasteiger partial charge is 0.227 e. The molecular weight excluding hydrogens is 412 g/mol. The van der Waals surface area contributed by atoms with Gasteiger partial charge in [0.05, 0.1) is 12.8 Å². The lowest BCUT2D eigenvalue weighted by molar-refractivity contribution is -0.118. The number of aryl methyl sites for hydroxylation is 2. The molecule has 0 N–H and O–H groups in total. The number of ether oxygens (including phenoxy) is 1. The number of ketones is 1. The molecule has 0 atom stereocenters. The number of benzene rings is 2. The minimum atomic E-state index is 0.235. The van der Waals surface area contributed by atoms with Crippen LogP contribution in [0, 0.1) is 0 Å². The van der Waals surface area contributed by atoms with E-state index >= 15 is 0 Å². The van der Waals surface area contributed by atoms with Crippen molar-refractivity contribution in [2.24, 2.45) is 0 Å². The zero-order valence-corrected chi connectivity index (χ0v) is 20.1. The molecule has 0 spiro atoms. The van der Waals surface area contributed by atoms with Gasteiger partial charge in [-0.2, -0.15) is 0 Å². The fourth-order valence-electron chi connectivity index (χ4n) is 5.12. The minimum Gasteiger partial charge on any atom is -0.496 e. The quantitative estimate of drug-likeness (QED) is 0.386. The molecule has 33 heavy (non-hydrogen) atoms. The first-order valence-electron chi connectivity index (χ1n) is 12.4. The van der Waals surface area contributed by atoms with Gasteiger partial charge in [-0.05, 0) is 93.4 Å². The number of likely N-dealkylation sites (N-methyl/N-ethyl adjacent to an activating group) is 1. The molecule has 2 heterocycles. The lowest BCUT2D eigenvalue weighted by Crippen LogP contribution is -2.36. The van der Waals surface area contributed by atoms with E-state index in [1.54, 1.807) is 7.11 Å². The van der Waals surface area contributed by atoms with Crippen LogP contribution in [-0.2, 0) is 24.1 Å². The molecule has 5 heteroatoms. The Balaban J connectivity index is 1.27. The first-order valence-corrected chi connectivity index (χ1v) is 12.4. The standard InChI is InChI=1S/C28H36N2O3/c1-29(18-15-21-9-3-4-12-26(21)33-2)16-7-6-11-25(31)24-19-22-10-5-8-17-30-27(32)14-13-23(20-24)28(22)30/h3-4,9,12,19-20H,5-8,10-11,13-18H2,1-2H3.